The highest BCUT2D eigenvalue weighted by Gasteiger charge is 2.32. The van der Waals surface area contributed by atoms with Gasteiger partial charge in [0.05, 0.1) is 11.4 Å². The summed E-state index contributed by atoms with van der Waals surface area (Å²) in [6.45, 7) is 0. The Kier molecular flexibility index (Phi) is 3.64. The Labute approximate surface area is 141 Å². The van der Waals surface area contributed by atoms with E-state index in [2.05, 4.69) is 4.99 Å². The van der Waals surface area contributed by atoms with Gasteiger partial charge in [0.15, 0.2) is 23.3 Å². The quantitative estimate of drug-likeness (QED) is 0.253. The van der Waals surface area contributed by atoms with Crippen molar-refractivity contribution in [2.75, 3.05) is 0 Å². The number of aliphatic imine (C=N–C) groups is 1. The average molecular weight is 341 g/mol. The monoisotopic (exact) mass is 341 g/mol. The predicted octanol–water partition coefficient (Wildman–Crippen LogP) is 5.32. The van der Waals surface area contributed by atoms with Gasteiger partial charge in [0.25, 0.3) is 0 Å². The van der Waals surface area contributed by atoms with Gasteiger partial charge in [0.2, 0.25) is 0 Å². The van der Waals surface area contributed by atoms with Crippen molar-refractivity contribution in [1.29, 1.82) is 0 Å². The van der Waals surface area contributed by atoms with Gasteiger partial charge < -0.3 is 0 Å². The van der Waals surface area contributed by atoms with Gasteiger partial charge >= 0.3 is 0 Å². The molecule has 25 heavy (non-hydrogen) atoms. The van der Waals surface area contributed by atoms with Gasteiger partial charge in [0, 0.05) is 23.1 Å². The summed E-state index contributed by atoms with van der Waals surface area (Å²) >= 11 is 0. The fourth-order valence-corrected chi connectivity index (χ4v) is 3.07. The molecule has 0 aromatic heterocycles. The summed E-state index contributed by atoms with van der Waals surface area (Å²) in [6, 6.07) is 15.6. The van der Waals surface area contributed by atoms with Crippen molar-refractivity contribution in [2.45, 2.75) is 6.42 Å². The maximum absolute atomic E-state index is 14.5. The minimum atomic E-state index is -1.82. The zero-order chi connectivity index (χ0) is 17.6. The standard InChI is InChI=1S/C20H11F4N/c21-16-14-10-11-6-4-5-9-13(11)20(25-12-7-2-1-3-8-12)15(14)17(22)19(24)18(16)23/h1-9H,10H2. The molecule has 4 rings (SSSR count). The van der Waals surface area contributed by atoms with Crippen LogP contribution in [-0.4, -0.2) is 5.71 Å². The van der Waals surface area contributed by atoms with Crippen LogP contribution in [-0.2, 0) is 6.42 Å². The van der Waals surface area contributed by atoms with E-state index in [1.807, 2.05) is 0 Å². The maximum Gasteiger partial charge on any atom is 0.198 e. The first-order chi connectivity index (χ1) is 12.1. The molecule has 1 aliphatic rings. The van der Waals surface area contributed by atoms with E-state index >= 15 is 0 Å². The van der Waals surface area contributed by atoms with Crippen molar-refractivity contribution >= 4 is 11.4 Å². The Morgan fingerprint density at radius 3 is 2.08 bits per heavy atom. The lowest BCUT2D eigenvalue weighted by Gasteiger charge is -2.23. The minimum Gasteiger partial charge on any atom is -0.248 e. The third kappa shape index (κ3) is 2.43. The maximum atomic E-state index is 14.5. The third-order valence-electron chi connectivity index (χ3n) is 4.24. The van der Waals surface area contributed by atoms with Crippen LogP contribution in [0.25, 0.3) is 0 Å². The second kappa shape index (κ2) is 5.84. The molecule has 0 atom stereocenters. The fourth-order valence-electron chi connectivity index (χ4n) is 3.07. The zero-order valence-corrected chi connectivity index (χ0v) is 12.9. The van der Waals surface area contributed by atoms with Crippen LogP contribution >= 0.6 is 0 Å². The molecule has 0 N–H and O–H groups in total. The Morgan fingerprint density at radius 1 is 0.680 bits per heavy atom. The number of halogens is 4. The van der Waals surface area contributed by atoms with Crippen LogP contribution in [0.3, 0.4) is 0 Å². The summed E-state index contributed by atoms with van der Waals surface area (Å²) in [5, 5.41) is 0. The van der Waals surface area contributed by atoms with E-state index in [9.17, 15) is 17.6 Å². The van der Waals surface area contributed by atoms with Gasteiger partial charge in [-0.05, 0) is 17.7 Å². The van der Waals surface area contributed by atoms with Gasteiger partial charge in [-0.1, -0.05) is 42.5 Å². The third-order valence-corrected chi connectivity index (χ3v) is 4.24. The van der Waals surface area contributed by atoms with Crippen molar-refractivity contribution in [2.24, 2.45) is 4.99 Å². The lowest BCUT2D eigenvalue weighted by molar-refractivity contribution is 0.403. The highest BCUT2D eigenvalue weighted by molar-refractivity contribution is 6.17. The lowest BCUT2D eigenvalue weighted by atomic mass is 9.83. The normalized spacial score (nSPS) is 14.3. The van der Waals surface area contributed by atoms with E-state index in [0.717, 1.165) is 0 Å². The first-order valence-corrected chi connectivity index (χ1v) is 7.65. The van der Waals surface area contributed by atoms with Crippen molar-refractivity contribution in [3.05, 3.63) is 100 Å². The predicted molar refractivity (Wildman–Crippen MR) is 87.3 cm³/mol. The van der Waals surface area contributed by atoms with Crippen molar-refractivity contribution in [3.8, 4) is 0 Å². The molecule has 0 spiro atoms. The topological polar surface area (TPSA) is 12.4 Å². The van der Waals surface area contributed by atoms with Crippen molar-refractivity contribution in [3.63, 3.8) is 0 Å². The Balaban J connectivity index is 2.07. The number of rotatable bonds is 1. The summed E-state index contributed by atoms with van der Waals surface area (Å²) in [4.78, 5) is 4.39. The fraction of sp³-hybridized carbons (Fsp3) is 0.0500. The number of hydrogen-bond acceptors (Lipinski definition) is 1. The molecular weight excluding hydrogens is 330 g/mol. The molecule has 0 radical (unpaired) electrons. The highest BCUT2D eigenvalue weighted by atomic mass is 19.2. The van der Waals surface area contributed by atoms with Crippen LogP contribution in [0.1, 0.15) is 22.3 Å². The lowest BCUT2D eigenvalue weighted by Crippen LogP contribution is -2.21. The molecule has 1 aliphatic carbocycles. The van der Waals surface area contributed by atoms with Gasteiger partial charge in [-0.2, -0.15) is 0 Å². The molecule has 0 saturated heterocycles. The van der Waals surface area contributed by atoms with Crippen LogP contribution in [0.4, 0.5) is 23.2 Å². The van der Waals surface area contributed by atoms with Crippen LogP contribution in [0.15, 0.2) is 59.6 Å². The first-order valence-electron chi connectivity index (χ1n) is 7.65. The van der Waals surface area contributed by atoms with Crippen molar-refractivity contribution < 1.29 is 17.6 Å². The molecule has 0 amide bonds. The first kappa shape index (κ1) is 15.6. The molecule has 0 unspecified atom stereocenters. The second-order valence-corrected chi connectivity index (χ2v) is 5.74. The number of nitrogens with zero attached hydrogens (tertiary/aromatic N) is 1. The number of fused-ring (bicyclic) bond motifs is 2. The van der Waals surface area contributed by atoms with Crippen LogP contribution in [0, 0.1) is 23.3 Å². The molecule has 5 heteroatoms. The average Bonchev–Trinajstić information content (AvgIpc) is 2.65. The van der Waals surface area contributed by atoms with Gasteiger partial charge in [-0.15, -0.1) is 0 Å². The SMILES string of the molecule is Fc1c(F)c(F)c2c(c1F)Cc1ccccc1C2=Nc1ccccc1. The summed E-state index contributed by atoms with van der Waals surface area (Å²) < 4.78 is 56.3. The van der Waals surface area contributed by atoms with Crippen LogP contribution in [0.5, 0.6) is 0 Å². The largest absolute Gasteiger partial charge is 0.248 e. The Bertz CT molecular complexity index is 1010. The second-order valence-electron chi connectivity index (χ2n) is 5.74. The van der Waals surface area contributed by atoms with Gasteiger partial charge in [0.1, 0.15) is 0 Å². The minimum absolute atomic E-state index is 0.0285. The van der Waals surface area contributed by atoms with Crippen molar-refractivity contribution in [1.82, 2.24) is 0 Å². The van der Waals surface area contributed by atoms with Crippen LogP contribution < -0.4 is 0 Å². The van der Waals surface area contributed by atoms with E-state index in [0.29, 0.717) is 16.8 Å². The Hall–Kier alpha value is -2.95. The van der Waals surface area contributed by atoms with Gasteiger partial charge in [-0.25, -0.2) is 22.6 Å². The molecule has 0 aliphatic heterocycles. The summed E-state index contributed by atoms with van der Waals surface area (Å²) in [7, 11) is 0. The summed E-state index contributed by atoms with van der Waals surface area (Å²) in [6.07, 6.45) is -0.0285. The van der Waals surface area contributed by atoms with E-state index in [4.69, 9.17) is 0 Å². The van der Waals surface area contributed by atoms with Crippen LogP contribution in [0.2, 0.25) is 0 Å². The molecule has 0 fully saturated rings. The van der Waals surface area contributed by atoms with E-state index in [1.54, 1.807) is 54.6 Å². The number of para-hydroxylation sites is 1. The Morgan fingerprint density at radius 2 is 1.32 bits per heavy atom. The molecule has 3 aromatic rings. The molecular formula is C20H11F4N. The molecule has 3 aromatic carbocycles. The molecule has 124 valence electrons. The van der Waals surface area contributed by atoms with E-state index < -0.39 is 23.3 Å². The number of benzene rings is 3. The molecule has 1 nitrogen and oxygen atoms in total. The molecule has 0 saturated carbocycles. The molecule has 0 heterocycles. The van der Waals surface area contributed by atoms with E-state index in [1.165, 1.54) is 0 Å². The number of hydrogen-bond donors (Lipinski definition) is 0. The van der Waals surface area contributed by atoms with E-state index in [-0.39, 0.29) is 23.3 Å². The summed E-state index contributed by atoms with van der Waals surface area (Å²) in [5.74, 6) is -6.41. The highest BCUT2D eigenvalue weighted by Crippen LogP contribution is 2.35. The zero-order valence-electron chi connectivity index (χ0n) is 12.9. The smallest absolute Gasteiger partial charge is 0.198 e. The van der Waals surface area contributed by atoms with Gasteiger partial charge in [-0.3, -0.25) is 0 Å². The molecule has 0 bridgehead atoms. The summed E-state index contributed by atoms with van der Waals surface area (Å²) in [5.41, 5.74) is 1.31.